The Morgan fingerprint density at radius 3 is 2.58 bits per heavy atom. The van der Waals surface area contributed by atoms with E-state index in [0.717, 1.165) is 45.6 Å². The standard InChI is InChI=1S/C17H34N4O3/c1-17(2,3)20-15(22)13-21(5)16(18-4)19-9-6-10-24-14-7-11-23-12-8-14/h14H,6-13H2,1-5H3,(H,18,19)(H,20,22). The van der Waals surface area contributed by atoms with E-state index in [0.29, 0.717) is 12.1 Å². The van der Waals surface area contributed by atoms with Crippen LogP contribution in [0.5, 0.6) is 0 Å². The van der Waals surface area contributed by atoms with Crippen molar-refractivity contribution >= 4 is 11.9 Å². The Morgan fingerprint density at radius 2 is 2.00 bits per heavy atom. The SMILES string of the molecule is CN=C(NCCCOC1CCOCC1)N(C)CC(=O)NC(C)(C)C. The lowest BCUT2D eigenvalue weighted by Crippen LogP contribution is -2.48. The first kappa shape index (κ1) is 20.7. The van der Waals surface area contributed by atoms with Crippen LogP contribution in [0.25, 0.3) is 0 Å². The average Bonchev–Trinajstić information content (AvgIpc) is 2.49. The molecule has 0 aromatic carbocycles. The van der Waals surface area contributed by atoms with E-state index in [9.17, 15) is 4.79 Å². The Labute approximate surface area is 146 Å². The van der Waals surface area contributed by atoms with Crippen LogP contribution in [0.4, 0.5) is 0 Å². The van der Waals surface area contributed by atoms with E-state index in [1.807, 2.05) is 32.7 Å². The van der Waals surface area contributed by atoms with Crippen LogP contribution in [0.15, 0.2) is 4.99 Å². The molecule has 7 heteroatoms. The lowest BCUT2D eigenvalue weighted by molar-refractivity contribution is -0.122. The molecule has 1 amide bonds. The largest absolute Gasteiger partial charge is 0.381 e. The number of likely N-dealkylation sites (N-methyl/N-ethyl adjacent to an activating group) is 1. The quantitative estimate of drug-likeness (QED) is 0.410. The lowest BCUT2D eigenvalue weighted by Gasteiger charge is -2.25. The van der Waals surface area contributed by atoms with Crippen LogP contribution in [-0.4, -0.2) is 75.4 Å². The molecule has 0 bridgehead atoms. The van der Waals surface area contributed by atoms with Gasteiger partial charge in [-0.1, -0.05) is 0 Å². The van der Waals surface area contributed by atoms with Crippen molar-refractivity contribution in [3.8, 4) is 0 Å². The number of hydrogen-bond donors (Lipinski definition) is 2. The van der Waals surface area contributed by atoms with Crippen LogP contribution >= 0.6 is 0 Å². The molecular formula is C17H34N4O3. The minimum absolute atomic E-state index is 0.0178. The summed E-state index contributed by atoms with van der Waals surface area (Å²) in [4.78, 5) is 18.0. The first-order valence-electron chi connectivity index (χ1n) is 8.74. The van der Waals surface area contributed by atoms with Crippen molar-refractivity contribution in [1.29, 1.82) is 0 Å². The van der Waals surface area contributed by atoms with Crippen molar-refractivity contribution in [3.63, 3.8) is 0 Å². The average molecular weight is 342 g/mol. The molecule has 0 aliphatic carbocycles. The van der Waals surface area contributed by atoms with Crippen LogP contribution in [0.3, 0.4) is 0 Å². The first-order chi connectivity index (χ1) is 11.3. The molecule has 7 nitrogen and oxygen atoms in total. The molecule has 1 rings (SSSR count). The summed E-state index contributed by atoms with van der Waals surface area (Å²) in [6.45, 7) is 9.27. The molecule has 0 atom stereocenters. The van der Waals surface area contributed by atoms with Crippen molar-refractivity contribution < 1.29 is 14.3 Å². The van der Waals surface area contributed by atoms with Crippen LogP contribution in [-0.2, 0) is 14.3 Å². The van der Waals surface area contributed by atoms with Crippen LogP contribution in [0, 0.1) is 0 Å². The van der Waals surface area contributed by atoms with Crippen molar-refractivity contribution in [2.45, 2.75) is 51.7 Å². The summed E-state index contributed by atoms with van der Waals surface area (Å²) in [6, 6.07) is 0. The molecule has 140 valence electrons. The second kappa shape index (κ2) is 10.5. The van der Waals surface area contributed by atoms with Gasteiger partial charge in [-0.25, -0.2) is 0 Å². The Hall–Kier alpha value is -1.34. The number of carbonyl (C=O) groups excluding carboxylic acids is 1. The van der Waals surface area contributed by atoms with Crippen molar-refractivity contribution in [3.05, 3.63) is 0 Å². The zero-order valence-corrected chi connectivity index (χ0v) is 15.9. The second-order valence-corrected chi connectivity index (χ2v) is 7.16. The molecule has 0 radical (unpaired) electrons. The van der Waals surface area contributed by atoms with E-state index in [-0.39, 0.29) is 18.0 Å². The van der Waals surface area contributed by atoms with E-state index in [4.69, 9.17) is 9.47 Å². The van der Waals surface area contributed by atoms with E-state index in [2.05, 4.69) is 15.6 Å². The fourth-order valence-electron chi connectivity index (χ4n) is 2.50. The van der Waals surface area contributed by atoms with E-state index in [1.165, 1.54) is 0 Å². The van der Waals surface area contributed by atoms with Gasteiger partial charge in [0.1, 0.15) is 0 Å². The lowest BCUT2D eigenvalue weighted by atomic mass is 10.1. The van der Waals surface area contributed by atoms with Crippen molar-refractivity contribution in [2.75, 3.05) is 47.0 Å². The zero-order chi connectivity index (χ0) is 18.0. The van der Waals surface area contributed by atoms with Gasteiger partial charge in [0.25, 0.3) is 0 Å². The molecule has 24 heavy (non-hydrogen) atoms. The summed E-state index contributed by atoms with van der Waals surface area (Å²) in [5.74, 6) is 0.695. The monoisotopic (exact) mass is 342 g/mol. The van der Waals surface area contributed by atoms with Gasteiger partial charge in [0.05, 0.1) is 12.6 Å². The molecule has 0 aromatic heterocycles. The third-order valence-electron chi connectivity index (χ3n) is 3.59. The summed E-state index contributed by atoms with van der Waals surface area (Å²) in [7, 11) is 3.58. The number of rotatable bonds is 7. The third kappa shape index (κ3) is 9.08. The summed E-state index contributed by atoms with van der Waals surface area (Å²) in [6.07, 6.45) is 3.21. The summed E-state index contributed by atoms with van der Waals surface area (Å²) in [5, 5.41) is 6.21. The number of nitrogens with one attached hydrogen (secondary N) is 2. The maximum Gasteiger partial charge on any atom is 0.240 e. The third-order valence-corrected chi connectivity index (χ3v) is 3.59. The summed E-state index contributed by atoms with van der Waals surface area (Å²) in [5.41, 5.74) is -0.226. The maximum absolute atomic E-state index is 12.0. The van der Waals surface area contributed by atoms with Crippen LogP contribution < -0.4 is 10.6 Å². The topological polar surface area (TPSA) is 75.2 Å². The maximum atomic E-state index is 12.0. The fourth-order valence-corrected chi connectivity index (χ4v) is 2.50. The Morgan fingerprint density at radius 1 is 1.33 bits per heavy atom. The molecule has 1 aliphatic rings. The van der Waals surface area contributed by atoms with Gasteiger partial charge in [-0.2, -0.15) is 0 Å². The van der Waals surface area contributed by atoms with Gasteiger partial charge < -0.3 is 25.0 Å². The van der Waals surface area contributed by atoms with Crippen molar-refractivity contribution in [2.24, 2.45) is 4.99 Å². The van der Waals surface area contributed by atoms with E-state index in [1.54, 1.807) is 7.05 Å². The molecular weight excluding hydrogens is 308 g/mol. The highest BCUT2D eigenvalue weighted by Gasteiger charge is 2.17. The first-order valence-corrected chi connectivity index (χ1v) is 8.74. The van der Waals surface area contributed by atoms with E-state index < -0.39 is 0 Å². The number of aliphatic imine (C=N–C) groups is 1. The molecule has 0 aromatic rings. The summed E-state index contributed by atoms with van der Waals surface area (Å²) < 4.78 is 11.2. The highest BCUT2D eigenvalue weighted by molar-refractivity contribution is 5.86. The van der Waals surface area contributed by atoms with Gasteiger partial charge in [-0.3, -0.25) is 9.79 Å². The van der Waals surface area contributed by atoms with Crippen LogP contribution in [0.1, 0.15) is 40.0 Å². The van der Waals surface area contributed by atoms with Crippen molar-refractivity contribution in [1.82, 2.24) is 15.5 Å². The smallest absolute Gasteiger partial charge is 0.240 e. The summed E-state index contributed by atoms with van der Waals surface area (Å²) >= 11 is 0. The molecule has 1 saturated heterocycles. The van der Waals surface area contributed by atoms with Gasteiger partial charge in [0.15, 0.2) is 5.96 Å². The van der Waals surface area contributed by atoms with Gasteiger partial charge in [-0.15, -0.1) is 0 Å². The molecule has 0 unspecified atom stereocenters. The highest BCUT2D eigenvalue weighted by atomic mass is 16.5. The number of hydrogen-bond acceptors (Lipinski definition) is 4. The second-order valence-electron chi connectivity index (χ2n) is 7.16. The molecule has 1 heterocycles. The molecule has 0 saturated carbocycles. The molecule has 1 aliphatic heterocycles. The molecule has 0 spiro atoms. The van der Waals surface area contributed by atoms with Gasteiger partial charge in [0.2, 0.25) is 5.91 Å². The predicted octanol–water partition coefficient (Wildman–Crippen LogP) is 0.994. The number of amides is 1. The predicted molar refractivity (Wildman–Crippen MR) is 96.3 cm³/mol. The fraction of sp³-hybridized carbons (Fsp3) is 0.882. The number of guanidine groups is 1. The highest BCUT2D eigenvalue weighted by Crippen LogP contribution is 2.10. The van der Waals surface area contributed by atoms with Crippen LogP contribution in [0.2, 0.25) is 0 Å². The Kier molecular flexibility index (Phi) is 9.07. The number of carbonyl (C=O) groups is 1. The van der Waals surface area contributed by atoms with Gasteiger partial charge in [-0.05, 0) is 40.0 Å². The molecule has 1 fully saturated rings. The van der Waals surface area contributed by atoms with E-state index >= 15 is 0 Å². The molecule has 2 N–H and O–H groups in total. The van der Waals surface area contributed by atoms with Gasteiger partial charge >= 0.3 is 0 Å². The minimum Gasteiger partial charge on any atom is -0.381 e. The minimum atomic E-state index is -0.226. The van der Waals surface area contributed by atoms with Gasteiger partial charge in [0, 0.05) is 46.0 Å². The Bertz CT molecular complexity index is 401. The Balaban J connectivity index is 2.20. The number of nitrogens with zero attached hydrogens (tertiary/aromatic N) is 2. The normalized spacial score (nSPS) is 16.8. The number of ether oxygens (including phenoxy) is 2. The zero-order valence-electron chi connectivity index (χ0n) is 15.9.